The second-order valence-corrected chi connectivity index (χ2v) is 4.11. The molecule has 0 aliphatic heterocycles. The highest BCUT2D eigenvalue weighted by Crippen LogP contribution is 2.20. The van der Waals surface area contributed by atoms with Crippen LogP contribution in [0.4, 0.5) is 0 Å². The van der Waals surface area contributed by atoms with Crippen LogP contribution in [0.15, 0.2) is 48.5 Å². The lowest BCUT2D eigenvalue weighted by atomic mass is 10.0. The summed E-state index contributed by atoms with van der Waals surface area (Å²) in [7, 11) is 0. The molecular formula is C15H17N. The summed E-state index contributed by atoms with van der Waals surface area (Å²) in [6.07, 6.45) is 0.952. The topological polar surface area (TPSA) is 26.0 Å². The molecule has 2 rings (SSSR count). The molecule has 2 aromatic carbocycles. The normalized spacial score (nSPS) is 10.4. The molecule has 0 atom stereocenters. The summed E-state index contributed by atoms with van der Waals surface area (Å²) < 4.78 is 0. The third-order valence-electron chi connectivity index (χ3n) is 2.74. The van der Waals surface area contributed by atoms with E-state index in [0.717, 1.165) is 6.42 Å². The van der Waals surface area contributed by atoms with Gasteiger partial charge in [-0.15, -0.1) is 0 Å². The molecule has 0 heterocycles. The number of rotatable bonds is 3. The molecule has 1 heteroatoms. The monoisotopic (exact) mass is 211 g/mol. The van der Waals surface area contributed by atoms with Crippen molar-refractivity contribution >= 4 is 0 Å². The lowest BCUT2D eigenvalue weighted by molar-refractivity contribution is 0.969. The first-order valence-electron chi connectivity index (χ1n) is 5.65. The van der Waals surface area contributed by atoms with E-state index < -0.39 is 0 Å². The minimum absolute atomic E-state index is 0.712. The zero-order valence-electron chi connectivity index (χ0n) is 9.61. The van der Waals surface area contributed by atoms with Crippen molar-refractivity contribution in [3.63, 3.8) is 0 Å². The Morgan fingerprint density at radius 1 is 0.938 bits per heavy atom. The Kier molecular flexibility index (Phi) is 3.37. The molecule has 0 saturated heterocycles. The highest BCUT2D eigenvalue weighted by Gasteiger charge is 1.97. The van der Waals surface area contributed by atoms with Crippen LogP contribution in [0.1, 0.15) is 11.1 Å². The first kappa shape index (κ1) is 10.9. The van der Waals surface area contributed by atoms with Gasteiger partial charge in [-0.1, -0.05) is 54.1 Å². The van der Waals surface area contributed by atoms with Crippen LogP contribution in [-0.4, -0.2) is 6.54 Å². The lowest BCUT2D eigenvalue weighted by Crippen LogP contribution is -2.02. The Bertz CT molecular complexity index is 457. The second-order valence-electron chi connectivity index (χ2n) is 4.11. The quantitative estimate of drug-likeness (QED) is 0.829. The molecule has 0 fully saturated rings. The Hall–Kier alpha value is -1.60. The van der Waals surface area contributed by atoms with Gasteiger partial charge >= 0.3 is 0 Å². The molecule has 1 nitrogen and oxygen atoms in total. The van der Waals surface area contributed by atoms with Gasteiger partial charge in [0.15, 0.2) is 0 Å². The molecule has 0 aliphatic carbocycles. The van der Waals surface area contributed by atoms with Crippen LogP contribution >= 0.6 is 0 Å². The first-order valence-corrected chi connectivity index (χ1v) is 5.65. The van der Waals surface area contributed by atoms with E-state index in [1.807, 2.05) is 0 Å². The van der Waals surface area contributed by atoms with Crippen molar-refractivity contribution in [1.82, 2.24) is 0 Å². The molecule has 0 saturated carbocycles. The predicted octanol–water partition coefficient (Wildman–Crippen LogP) is 3.16. The largest absolute Gasteiger partial charge is 0.330 e. The summed E-state index contributed by atoms with van der Waals surface area (Å²) in [6.45, 7) is 2.83. The molecule has 0 bridgehead atoms. The van der Waals surface area contributed by atoms with Gasteiger partial charge in [0, 0.05) is 0 Å². The van der Waals surface area contributed by atoms with E-state index >= 15 is 0 Å². The highest BCUT2D eigenvalue weighted by molar-refractivity contribution is 5.64. The molecule has 2 aromatic rings. The Balaban J connectivity index is 2.27. The third kappa shape index (κ3) is 2.50. The Morgan fingerprint density at radius 3 is 2.31 bits per heavy atom. The van der Waals surface area contributed by atoms with Gasteiger partial charge < -0.3 is 5.73 Å². The molecule has 16 heavy (non-hydrogen) atoms. The van der Waals surface area contributed by atoms with Crippen LogP contribution in [0.2, 0.25) is 0 Å². The molecular weight excluding hydrogens is 194 g/mol. The number of hydrogen-bond donors (Lipinski definition) is 1. The van der Waals surface area contributed by atoms with Crippen molar-refractivity contribution < 1.29 is 0 Å². The second kappa shape index (κ2) is 4.95. The minimum Gasteiger partial charge on any atom is -0.330 e. The molecule has 0 radical (unpaired) electrons. The number of benzene rings is 2. The molecule has 0 amide bonds. The van der Waals surface area contributed by atoms with Crippen LogP contribution in [0.5, 0.6) is 0 Å². The van der Waals surface area contributed by atoms with E-state index in [-0.39, 0.29) is 0 Å². The van der Waals surface area contributed by atoms with E-state index in [1.165, 1.54) is 22.3 Å². The summed E-state index contributed by atoms with van der Waals surface area (Å²) in [5, 5.41) is 0. The van der Waals surface area contributed by atoms with E-state index in [2.05, 4.69) is 55.5 Å². The van der Waals surface area contributed by atoms with Gasteiger partial charge in [0.25, 0.3) is 0 Å². The van der Waals surface area contributed by atoms with Crippen molar-refractivity contribution in [3.8, 4) is 11.1 Å². The molecule has 0 spiro atoms. The van der Waals surface area contributed by atoms with Crippen LogP contribution in [0.3, 0.4) is 0 Å². The number of nitrogens with two attached hydrogens (primary N) is 1. The number of aryl methyl sites for hydroxylation is 1. The van der Waals surface area contributed by atoms with Crippen molar-refractivity contribution in [1.29, 1.82) is 0 Å². The fourth-order valence-electron chi connectivity index (χ4n) is 1.86. The Labute approximate surface area is 96.9 Å². The molecule has 2 N–H and O–H groups in total. The minimum atomic E-state index is 0.712. The zero-order chi connectivity index (χ0) is 11.4. The van der Waals surface area contributed by atoms with Gasteiger partial charge in [0.1, 0.15) is 0 Å². The third-order valence-corrected chi connectivity index (χ3v) is 2.74. The summed E-state index contributed by atoms with van der Waals surface area (Å²) in [4.78, 5) is 0. The average molecular weight is 211 g/mol. The summed E-state index contributed by atoms with van der Waals surface area (Å²) in [5.74, 6) is 0. The van der Waals surface area contributed by atoms with E-state index in [9.17, 15) is 0 Å². The van der Waals surface area contributed by atoms with Crippen LogP contribution in [0.25, 0.3) is 11.1 Å². The number of hydrogen-bond acceptors (Lipinski definition) is 1. The Morgan fingerprint density at radius 2 is 1.69 bits per heavy atom. The van der Waals surface area contributed by atoms with Gasteiger partial charge in [-0.2, -0.15) is 0 Å². The van der Waals surface area contributed by atoms with Crippen molar-refractivity contribution in [2.75, 3.05) is 6.54 Å². The van der Waals surface area contributed by atoms with Gasteiger partial charge in [0.05, 0.1) is 0 Å². The maximum absolute atomic E-state index is 5.53. The van der Waals surface area contributed by atoms with Gasteiger partial charge in [-0.3, -0.25) is 0 Å². The van der Waals surface area contributed by atoms with Gasteiger partial charge in [-0.25, -0.2) is 0 Å². The fraction of sp³-hybridized carbons (Fsp3) is 0.200. The highest BCUT2D eigenvalue weighted by atomic mass is 14.5. The molecule has 0 unspecified atom stereocenters. The fourth-order valence-corrected chi connectivity index (χ4v) is 1.86. The van der Waals surface area contributed by atoms with Crippen molar-refractivity contribution in [2.45, 2.75) is 13.3 Å². The van der Waals surface area contributed by atoms with Gasteiger partial charge in [-0.05, 0) is 36.6 Å². The van der Waals surface area contributed by atoms with Crippen LogP contribution in [0, 0.1) is 6.92 Å². The maximum atomic E-state index is 5.53. The van der Waals surface area contributed by atoms with Gasteiger partial charge in [0.2, 0.25) is 0 Å². The van der Waals surface area contributed by atoms with E-state index in [0.29, 0.717) is 6.54 Å². The van der Waals surface area contributed by atoms with Crippen molar-refractivity contribution in [2.24, 2.45) is 5.73 Å². The summed E-state index contributed by atoms with van der Waals surface area (Å²) >= 11 is 0. The van der Waals surface area contributed by atoms with E-state index in [1.54, 1.807) is 0 Å². The lowest BCUT2D eigenvalue weighted by Gasteiger charge is -2.04. The van der Waals surface area contributed by atoms with Crippen LogP contribution < -0.4 is 5.73 Å². The van der Waals surface area contributed by atoms with Crippen molar-refractivity contribution in [3.05, 3.63) is 59.7 Å². The smallest absolute Gasteiger partial charge is 0.00367 e. The standard InChI is InChI=1S/C15H17N/c1-12-3-2-4-15(11-12)14-7-5-13(6-8-14)9-10-16/h2-8,11H,9-10,16H2,1H3. The average Bonchev–Trinajstić information content (AvgIpc) is 2.30. The maximum Gasteiger partial charge on any atom is -0.00367 e. The molecule has 0 aromatic heterocycles. The first-order chi connectivity index (χ1) is 7.79. The SMILES string of the molecule is Cc1cccc(-c2ccc(CCN)cc2)c1. The molecule has 0 aliphatic rings. The predicted molar refractivity (Wildman–Crippen MR) is 69.4 cm³/mol. The molecule has 82 valence electrons. The summed E-state index contributed by atoms with van der Waals surface area (Å²) in [5.41, 5.74) is 10.7. The van der Waals surface area contributed by atoms with Crippen LogP contribution in [-0.2, 0) is 6.42 Å². The summed E-state index contributed by atoms with van der Waals surface area (Å²) in [6, 6.07) is 17.2. The van der Waals surface area contributed by atoms with E-state index in [4.69, 9.17) is 5.73 Å². The zero-order valence-corrected chi connectivity index (χ0v) is 9.61.